The zero-order valence-corrected chi connectivity index (χ0v) is 31.1. The van der Waals surface area contributed by atoms with E-state index in [1.165, 1.54) is 99.5 Å². The highest BCUT2D eigenvalue weighted by molar-refractivity contribution is 6.05. The van der Waals surface area contributed by atoms with Crippen molar-refractivity contribution in [2.75, 3.05) is 0 Å². The largest absolute Gasteiger partial charge is 0.0760 e. The van der Waals surface area contributed by atoms with Crippen LogP contribution in [-0.2, 0) is 5.41 Å². The van der Waals surface area contributed by atoms with Gasteiger partial charge >= 0.3 is 0 Å². The van der Waals surface area contributed by atoms with Crippen LogP contribution in [0.2, 0.25) is 0 Å². The van der Waals surface area contributed by atoms with E-state index in [-0.39, 0.29) is 17.3 Å². The number of allylic oxidation sites excluding steroid dienone is 5. The van der Waals surface area contributed by atoms with Crippen molar-refractivity contribution in [2.24, 2.45) is 5.92 Å². The first kappa shape index (κ1) is 32.0. The van der Waals surface area contributed by atoms with Gasteiger partial charge in [-0.15, -0.1) is 0 Å². The molecular formula is C55H40. The van der Waals surface area contributed by atoms with Gasteiger partial charge in [0.1, 0.15) is 0 Å². The van der Waals surface area contributed by atoms with Gasteiger partial charge in [-0.1, -0.05) is 196 Å². The van der Waals surface area contributed by atoms with Crippen molar-refractivity contribution in [3.63, 3.8) is 0 Å². The maximum Gasteiger partial charge on any atom is 0.0199 e. The topological polar surface area (TPSA) is 0 Å². The average molecular weight is 701 g/mol. The molecule has 0 radical (unpaired) electrons. The van der Waals surface area contributed by atoms with E-state index in [4.69, 9.17) is 0 Å². The molecule has 0 N–H and O–H groups in total. The molecule has 55 heavy (non-hydrogen) atoms. The first-order valence-electron chi connectivity index (χ1n) is 19.6. The van der Waals surface area contributed by atoms with Crippen LogP contribution in [-0.4, -0.2) is 0 Å². The molecule has 0 fully saturated rings. The molecule has 260 valence electrons. The second kappa shape index (κ2) is 12.3. The number of hydrogen-bond acceptors (Lipinski definition) is 0. The van der Waals surface area contributed by atoms with Crippen LogP contribution in [0.3, 0.4) is 0 Å². The Labute approximate surface area is 323 Å². The van der Waals surface area contributed by atoms with Crippen LogP contribution in [0.4, 0.5) is 0 Å². The first-order valence-corrected chi connectivity index (χ1v) is 19.6. The SMILES string of the molecule is CC1(C)c2ccccc2-c2ccc(-c3c(-c4cccc(C5=C6C=CC=CC6C(c6ccc7ccccc7c6)c6ccccc65)c4)ccc4ccccc34)cc21. The molecular weight excluding hydrogens is 661 g/mol. The number of hydrogen-bond donors (Lipinski definition) is 0. The minimum Gasteiger partial charge on any atom is -0.0760 e. The van der Waals surface area contributed by atoms with Gasteiger partial charge in [0, 0.05) is 17.3 Å². The van der Waals surface area contributed by atoms with Crippen molar-refractivity contribution in [1.82, 2.24) is 0 Å². The van der Waals surface area contributed by atoms with E-state index in [1.807, 2.05) is 0 Å². The summed E-state index contributed by atoms with van der Waals surface area (Å²) >= 11 is 0. The lowest BCUT2D eigenvalue weighted by atomic mass is 9.66. The Morgan fingerprint density at radius 3 is 2.07 bits per heavy atom. The van der Waals surface area contributed by atoms with E-state index in [1.54, 1.807) is 0 Å². The second-order valence-corrected chi connectivity index (χ2v) is 16.0. The standard InChI is InChI=1S/C55H40/c1-55(2)50-25-12-11-20-44(50)45-31-29-41(34-51(45)55)52-42-19-6-5-15-36(42)28-30-43(52)38-17-13-18-39(33-38)53-46-21-7-9-23-48(46)54(49-24-10-8-22-47(49)53)40-27-26-35-14-3-4-16-37(35)32-40/h3-34,48,54H,1-2H3. The van der Waals surface area contributed by atoms with Gasteiger partial charge in [0.25, 0.3) is 0 Å². The average Bonchev–Trinajstić information content (AvgIpc) is 3.47. The fourth-order valence-corrected chi connectivity index (χ4v) is 10.1. The Hall–Kier alpha value is -6.50. The summed E-state index contributed by atoms with van der Waals surface area (Å²) in [4.78, 5) is 0. The van der Waals surface area contributed by atoms with E-state index < -0.39 is 0 Å². The predicted octanol–water partition coefficient (Wildman–Crippen LogP) is 14.3. The lowest BCUT2D eigenvalue weighted by Crippen LogP contribution is -2.22. The summed E-state index contributed by atoms with van der Waals surface area (Å²) in [6, 6.07) is 63.8. The van der Waals surface area contributed by atoms with Crippen LogP contribution in [0, 0.1) is 5.92 Å². The van der Waals surface area contributed by atoms with Gasteiger partial charge in [-0.25, -0.2) is 0 Å². The highest BCUT2D eigenvalue weighted by Crippen LogP contribution is 2.53. The van der Waals surface area contributed by atoms with Gasteiger partial charge in [-0.2, -0.15) is 0 Å². The number of fused-ring (bicyclic) bond motifs is 7. The van der Waals surface area contributed by atoms with Crippen LogP contribution < -0.4 is 0 Å². The van der Waals surface area contributed by atoms with Gasteiger partial charge in [-0.3, -0.25) is 0 Å². The minimum absolute atomic E-state index is 0.0714. The van der Waals surface area contributed by atoms with Crippen LogP contribution in [0.25, 0.3) is 60.5 Å². The molecule has 0 saturated carbocycles. The molecule has 0 nitrogen and oxygen atoms in total. The van der Waals surface area contributed by atoms with Crippen LogP contribution >= 0.6 is 0 Å². The Morgan fingerprint density at radius 2 is 1.16 bits per heavy atom. The maximum absolute atomic E-state index is 2.48. The Morgan fingerprint density at radius 1 is 0.455 bits per heavy atom. The van der Waals surface area contributed by atoms with Crippen molar-refractivity contribution in [1.29, 1.82) is 0 Å². The predicted molar refractivity (Wildman–Crippen MR) is 232 cm³/mol. The molecule has 0 heteroatoms. The molecule has 0 aromatic heterocycles. The molecule has 2 atom stereocenters. The van der Waals surface area contributed by atoms with Crippen molar-refractivity contribution in [3.05, 3.63) is 233 Å². The molecule has 8 aromatic rings. The third-order valence-corrected chi connectivity index (χ3v) is 12.7. The zero-order valence-electron chi connectivity index (χ0n) is 31.1. The molecule has 0 heterocycles. The molecule has 11 rings (SSSR count). The molecule has 2 unspecified atom stereocenters. The monoisotopic (exact) mass is 700 g/mol. The summed E-state index contributed by atoms with van der Waals surface area (Å²) in [5.41, 5.74) is 18.5. The van der Waals surface area contributed by atoms with Crippen molar-refractivity contribution in [2.45, 2.75) is 25.2 Å². The Bertz CT molecular complexity index is 2960. The molecule has 0 spiro atoms. The summed E-state index contributed by atoms with van der Waals surface area (Å²) in [5.74, 6) is 0.459. The van der Waals surface area contributed by atoms with Crippen molar-refractivity contribution in [3.8, 4) is 33.4 Å². The summed E-state index contributed by atoms with van der Waals surface area (Å²) in [5, 5.41) is 5.11. The third-order valence-electron chi connectivity index (χ3n) is 12.7. The maximum atomic E-state index is 2.48. The highest BCUT2D eigenvalue weighted by Gasteiger charge is 2.37. The molecule has 3 aliphatic carbocycles. The van der Waals surface area contributed by atoms with E-state index in [0.29, 0.717) is 0 Å². The van der Waals surface area contributed by atoms with E-state index >= 15 is 0 Å². The Kier molecular flexibility index (Phi) is 7.13. The van der Waals surface area contributed by atoms with Gasteiger partial charge in [0.05, 0.1) is 0 Å². The summed E-state index contributed by atoms with van der Waals surface area (Å²) in [6.07, 6.45) is 9.24. The lowest BCUT2D eigenvalue weighted by molar-refractivity contribution is 0.649. The molecule has 3 aliphatic rings. The highest BCUT2D eigenvalue weighted by atomic mass is 14.4. The normalized spacial score (nSPS) is 17.6. The van der Waals surface area contributed by atoms with E-state index in [0.717, 1.165) is 0 Å². The fraction of sp³-hybridized carbons (Fsp3) is 0.0909. The van der Waals surface area contributed by atoms with Crippen molar-refractivity contribution >= 4 is 27.1 Å². The van der Waals surface area contributed by atoms with Crippen LogP contribution in [0.15, 0.2) is 200 Å². The molecule has 0 amide bonds. The number of rotatable bonds is 4. The molecule has 0 aliphatic heterocycles. The van der Waals surface area contributed by atoms with Crippen LogP contribution in [0.1, 0.15) is 53.1 Å². The van der Waals surface area contributed by atoms with E-state index in [2.05, 4.69) is 208 Å². The van der Waals surface area contributed by atoms with Gasteiger partial charge < -0.3 is 0 Å². The zero-order chi connectivity index (χ0) is 36.7. The van der Waals surface area contributed by atoms with Gasteiger partial charge in [0.15, 0.2) is 0 Å². The summed E-state index contributed by atoms with van der Waals surface area (Å²) in [7, 11) is 0. The minimum atomic E-state index is -0.0714. The van der Waals surface area contributed by atoms with Crippen LogP contribution in [0.5, 0.6) is 0 Å². The quantitative estimate of drug-likeness (QED) is 0.171. The Balaban J connectivity index is 1.09. The second-order valence-electron chi connectivity index (χ2n) is 16.0. The van der Waals surface area contributed by atoms with E-state index in [9.17, 15) is 0 Å². The smallest absolute Gasteiger partial charge is 0.0199 e. The number of benzene rings is 8. The molecule has 8 aromatic carbocycles. The van der Waals surface area contributed by atoms with Crippen molar-refractivity contribution < 1.29 is 0 Å². The van der Waals surface area contributed by atoms with Gasteiger partial charge in [-0.05, 0) is 112 Å². The molecule has 0 saturated heterocycles. The molecule has 0 bridgehead atoms. The lowest BCUT2D eigenvalue weighted by Gasteiger charge is -2.37. The summed E-state index contributed by atoms with van der Waals surface area (Å²) < 4.78 is 0. The fourth-order valence-electron chi connectivity index (χ4n) is 10.1. The van der Waals surface area contributed by atoms with Gasteiger partial charge in [0.2, 0.25) is 0 Å². The third kappa shape index (κ3) is 4.91. The first-order chi connectivity index (χ1) is 27.0. The summed E-state index contributed by atoms with van der Waals surface area (Å²) in [6.45, 7) is 4.75.